The van der Waals surface area contributed by atoms with Crippen LogP contribution in [0.4, 0.5) is 0 Å². The van der Waals surface area contributed by atoms with Crippen LogP contribution in [-0.2, 0) is 26.2 Å². The third kappa shape index (κ3) is 4.88. The minimum atomic E-state index is -0.457. The number of rotatable bonds is 9. The largest absolute Gasteiger partial charge is 0.466 e. The highest BCUT2D eigenvalue weighted by atomic mass is 16.6. The van der Waals surface area contributed by atoms with Gasteiger partial charge in [0, 0.05) is 31.1 Å². The van der Waals surface area contributed by atoms with Gasteiger partial charge in [0.15, 0.2) is 5.84 Å². The summed E-state index contributed by atoms with van der Waals surface area (Å²) < 4.78 is 5.37. The van der Waals surface area contributed by atoms with Crippen LogP contribution in [0.3, 0.4) is 0 Å². The van der Waals surface area contributed by atoms with E-state index in [1.54, 1.807) is 0 Å². The topological polar surface area (TPSA) is 63.2 Å². The lowest BCUT2D eigenvalue weighted by molar-refractivity contribution is -0.150. The first-order chi connectivity index (χ1) is 16.3. The van der Waals surface area contributed by atoms with Crippen LogP contribution in [0.1, 0.15) is 76.5 Å². The molecule has 1 heterocycles. The van der Waals surface area contributed by atoms with Crippen molar-refractivity contribution < 1.29 is 14.4 Å². The number of esters is 1. The summed E-state index contributed by atoms with van der Waals surface area (Å²) in [5.41, 5.74) is 3.42. The molecule has 2 fully saturated rings. The van der Waals surface area contributed by atoms with Crippen molar-refractivity contribution in [2.24, 2.45) is 10.6 Å². The average Bonchev–Trinajstić information content (AvgIpc) is 3.36. The summed E-state index contributed by atoms with van der Waals surface area (Å²) >= 11 is 0. The number of carbonyl (C=O) groups excluding carboxylic acids is 1. The van der Waals surface area contributed by atoms with Crippen LogP contribution in [0.25, 0.3) is 0 Å². The Balaban J connectivity index is 1.52. The number of fused-ring (bicyclic) bond motifs is 2. The van der Waals surface area contributed by atoms with Crippen molar-refractivity contribution in [2.75, 3.05) is 33.3 Å². The first kappa shape index (κ1) is 24.8. The lowest BCUT2D eigenvalue weighted by Crippen LogP contribution is -2.36. The molecule has 1 spiro atoms. The summed E-state index contributed by atoms with van der Waals surface area (Å²) in [7, 11) is 1.91. The van der Waals surface area contributed by atoms with Crippen LogP contribution in [-0.4, -0.2) is 55.6 Å². The van der Waals surface area contributed by atoms with Crippen molar-refractivity contribution in [1.82, 2.24) is 10.2 Å². The van der Waals surface area contributed by atoms with Gasteiger partial charge in [-0.15, -0.1) is 0 Å². The molecule has 1 saturated carbocycles. The maximum Gasteiger partial charge on any atom is 0.313 e. The van der Waals surface area contributed by atoms with E-state index in [9.17, 15) is 4.79 Å². The third-order valence-electron chi connectivity index (χ3n) is 7.74. The number of allylic oxidation sites excluding steroid dienone is 1. The summed E-state index contributed by atoms with van der Waals surface area (Å²) in [6.07, 6.45) is 10.4. The number of hydrogen-bond acceptors (Lipinski definition) is 5. The molecule has 0 aromatic heterocycles. The molecule has 0 bridgehead atoms. The van der Waals surface area contributed by atoms with E-state index in [1.807, 2.05) is 27.8 Å². The predicted molar refractivity (Wildman–Crippen MR) is 136 cm³/mol. The maximum atomic E-state index is 12.5. The van der Waals surface area contributed by atoms with Gasteiger partial charge in [0.25, 0.3) is 0 Å². The standard InChI is InChI=1S/C28H41N3O3/c1-6-8-13-26(3,4)34-30-24(29-5)22-10-9-11-23-21(22)12-14-27(23)17-18-31(19-27)20-28(15-16-28)25(32)33-7-2/h8-11,13H,6-7,12,14-20H2,1-5H3,(H,29,30)/b13-8-. The minimum absolute atomic E-state index is 0.00311. The fraction of sp³-hybridized carbons (Fsp3) is 0.643. The Morgan fingerprint density at radius 2 is 2.03 bits per heavy atom. The number of likely N-dealkylation sites (tertiary alicyclic amines) is 1. The Hall–Kier alpha value is -2.34. The van der Waals surface area contributed by atoms with Crippen molar-refractivity contribution >= 4 is 11.8 Å². The molecule has 34 heavy (non-hydrogen) atoms. The Bertz CT molecular complexity index is 964. The van der Waals surface area contributed by atoms with Crippen LogP contribution in [0.15, 0.2) is 35.5 Å². The third-order valence-corrected chi connectivity index (χ3v) is 7.74. The molecule has 1 unspecified atom stereocenters. The van der Waals surface area contributed by atoms with Crippen molar-refractivity contribution in [1.29, 1.82) is 0 Å². The molecule has 1 saturated heterocycles. The summed E-state index contributed by atoms with van der Waals surface area (Å²) in [6.45, 7) is 11.4. The normalized spacial score (nSPS) is 24.0. The van der Waals surface area contributed by atoms with Gasteiger partial charge < -0.3 is 19.8 Å². The Kier molecular flexibility index (Phi) is 7.09. The van der Waals surface area contributed by atoms with Crippen molar-refractivity contribution in [3.8, 4) is 0 Å². The molecular formula is C28H41N3O3. The van der Waals surface area contributed by atoms with E-state index in [-0.39, 0.29) is 16.8 Å². The second kappa shape index (κ2) is 9.73. The van der Waals surface area contributed by atoms with Crippen LogP contribution in [0.2, 0.25) is 0 Å². The van der Waals surface area contributed by atoms with Gasteiger partial charge in [0.2, 0.25) is 0 Å². The van der Waals surface area contributed by atoms with Crippen LogP contribution in [0.5, 0.6) is 0 Å². The van der Waals surface area contributed by atoms with Gasteiger partial charge in [0.05, 0.1) is 12.0 Å². The van der Waals surface area contributed by atoms with Gasteiger partial charge in [0.1, 0.15) is 5.60 Å². The quantitative estimate of drug-likeness (QED) is 0.190. The molecule has 0 amide bonds. The van der Waals surface area contributed by atoms with E-state index in [4.69, 9.17) is 9.57 Å². The lowest BCUT2D eigenvalue weighted by atomic mass is 9.81. The Labute approximate surface area is 204 Å². The van der Waals surface area contributed by atoms with Crippen molar-refractivity contribution in [2.45, 2.75) is 77.2 Å². The molecule has 1 aliphatic heterocycles. The van der Waals surface area contributed by atoms with E-state index in [0.717, 1.165) is 69.6 Å². The number of hydrogen-bond donors (Lipinski definition) is 1. The first-order valence-electron chi connectivity index (χ1n) is 12.9. The van der Waals surface area contributed by atoms with E-state index >= 15 is 0 Å². The number of nitrogens with zero attached hydrogens (tertiary/aromatic N) is 2. The highest BCUT2D eigenvalue weighted by Crippen LogP contribution is 2.51. The van der Waals surface area contributed by atoms with Gasteiger partial charge in [-0.05, 0) is 83.0 Å². The van der Waals surface area contributed by atoms with Crippen molar-refractivity contribution in [3.05, 3.63) is 47.0 Å². The van der Waals surface area contributed by atoms with E-state index in [2.05, 4.69) is 52.6 Å². The summed E-state index contributed by atoms with van der Waals surface area (Å²) in [5.74, 6) is 0.776. The zero-order chi connectivity index (χ0) is 24.4. The molecule has 0 radical (unpaired) electrons. The highest BCUT2D eigenvalue weighted by Gasteiger charge is 2.54. The predicted octanol–water partition coefficient (Wildman–Crippen LogP) is 4.56. The monoisotopic (exact) mass is 467 g/mol. The van der Waals surface area contributed by atoms with Crippen molar-refractivity contribution in [3.63, 3.8) is 0 Å². The Morgan fingerprint density at radius 1 is 1.24 bits per heavy atom. The molecule has 6 nitrogen and oxygen atoms in total. The SMILES string of the molecule is CC/C=C\C(C)(C)O/N=C(\NC)c1cccc2c1CCC21CCN(CC2(C(=O)OCC)CC2)C1. The molecule has 1 aromatic rings. The molecule has 1 aromatic carbocycles. The van der Waals surface area contributed by atoms with E-state index < -0.39 is 5.60 Å². The fourth-order valence-electron chi connectivity index (χ4n) is 5.71. The number of amidine groups is 1. The lowest BCUT2D eigenvalue weighted by Gasteiger charge is -2.27. The van der Waals surface area contributed by atoms with E-state index in [1.165, 1.54) is 11.1 Å². The molecule has 186 valence electrons. The Morgan fingerprint density at radius 3 is 2.71 bits per heavy atom. The van der Waals surface area contributed by atoms with Gasteiger partial charge in [-0.25, -0.2) is 0 Å². The number of benzene rings is 1. The van der Waals surface area contributed by atoms with Gasteiger partial charge in [-0.2, -0.15) is 0 Å². The number of carbonyl (C=O) groups is 1. The highest BCUT2D eigenvalue weighted by molar-refractivity contribution is 6.00. The molecule has 6 heteroatoms. The molecule has 1 atom stereocenters. The van der Waals surface area contributed by atoms with Gasteiger partial charge in [-0.1, -0.05) is 36.4 Å². The molecule has 2 aliphatic carbocycles. The van der Waals surface area contributed by atoms with Gasteiger partial charge in [-0.3, -0.25) is 4.79 Å². The second-order valence-electron chi connectivity index (χ2n) is 10.8. The number of ether oxygens (including phenoxy) is 1. The second-order valence-corrected chi connectivity index (χ2v) is 10.8. The molecule has 4 rings (SSSR count). The van der Waals surface area contributed by atoms with Crippen LogP contribution >= 0.6 is 0 Å². The molecular weight excluding hydrogens is 426 g/mol. The fourth-order valence-corrected chi connectivity index (χ4v) is 5.71. The van der Waals surface area contributed by atoms with Gasteiger partial charge >= 0.3 is 5.97 Å². The minimum Gasteiger partial charge on any atom is -0.466 e. The smallest absolute Gasteiger partial charge is 0.313 e. The maximum absolute atomic E-state index is 12.5. The zero-order valence-electron chi connectivity index (χ0n) is 21.6. The molecule has 3 aliphatic rings. The summed E-state index contributed by atoms with van der Waals surface area (Å²) in [6, 6.07) is 6.60. The van der Waals surface area contributed by atoms with E-state index in [0.29, 0.717) is 6.61 Å². The number of nitrogens with one attached hydrogen (secondary N) is 1. The molecule has 1 N–H and O–H groups in total. The first-order valence-corrected chi connectivity index (χ1v) is 12.9. The van der Waals surface area contributed by atoms with Crippen LogP contribution in [0, 0.1) is 5.41 Å². The summed E-state index contributed by atoms with van der Waals surface area (Å²) in [4.78, 5) is 20.9. The summed E-state index contributed by atoms with van der Waals surface area (Å²) in [5, 5.41) is 7.80. The number of oxime groups is 1. The van der Waals surface area contributed by atoms with Crippen LogP contribution < -0.4 is 5.32 Å². The average molecular weight is 468 g/mol. The zero-order valence-corrected chi connectivity index (χ0v) is 21.6.